The van der Waals surface area contributed by atoms with Gasteiger partial charge in [-0.1, -0.05) is 12.8 Å². The Kier molecular flexibility index (Phi) is 6.91. The molecule has 0 atom stereocenters. The van der Waals surface area contributed by atoms with Gasteiger partial charge in [-0.05, 0) is 19.8 Å². The van der Waals surface area contributed by atoms with Gasteiger partial charge in [0.2, 0.25) is 0 Å². The summed E-state index contributed by atoms with van der Waals surface area (Å²) >= 11 is 1.68. The molecule has 1 heterocycles. The second kappa shape index (κ2) is 7.93. The van der Waals surface area contributed by atoms with Crippen molar-refractivity contribution in [2.45, 2.75) is 45.1 Å². The van der Waals surface area contributed by atoms with Gasteiger partial charge in [-0.15, -0.1) is 35.3 Å². The average Bonchev–Trinajstić information content (AvgIpc) is 2.90. The molecular formula is C12H21IN4S. The van der Waals surface area contributed by atoms with E-state index in [1.165, 1.54) is 25.7 Å². The summed E-state index contributed by atoms with van der Waals surface area (Å²) in [4.78, 5) is 8.74. The van der Waals surface area contributed by atoms with E-state index in [4.69, 9.17) is 5.73 Å². The van der Waals surface area contributed by atoms with Crippen LogP contribution in [0.1, 0.15) is 36.4 Å². The number of rotatable bonds is 4. The minimum Gasteiger partial charge on any atom is -0.370 e. The van der Waals surface area contributed by atoms with E-state index in [-0.39, 0.29) is 24.0 Å². The summed E-state index contributed by atoms with van der Waals surface area (Å²) in [5.74, 6) is 0.587. The maximum Gasteiger partial charge on any atom is 0.188 e. The number of nitrogens with two attached hydrogens (primary N) is 1. The molecule has 2 rings (SSSR count). The standard InChI is InChI=1S/C12H20N4S.HI/c1-9-15-11(8-17-9)6-7-14-12(13)16-10-4-2-3-5-10;/h8,10H,2-7H2,1H3,(H3,13,14,16);1H. The van der Waals surface area contributed by atoms with Crippen LogP contribution in [0.4, 0.5) is 0 Å². The molecule has 0 amide bonds. The molecule has 0 aromatic carbocycles. The van der Waals surface area contributed by atoms with Crippen LogP contribution in [-0.4, -0.2) is 23.5 Å². The number of guanidine groups is 1. The van der Waals surface area contributed by atoms with Crippen molar-refractivity contribution >= 4 is 41.3 Å². The second-order valence-corrected chi connectivity index (χ2v) is 5.56. The van der Waals surface area contributed by atoms with Crippen molar-refractivity contribution in [2.75, 3.05) is 6.54 Å². The molecule has 1 aromatic heterocycles. The zero-order valence-corrected chi connectivity index (χ0v) is 13.8. The molecular weight excluding hydrogens is 359 g/mol. The fraction of sp³-hybridized carbons (Fsp3) is 0.667. The minimum absolute atomic E-state index is 0. The molecule has 1 aromatic rings. The summed E-state index contributed by atoms with van der Waals surface area (Å²) in [6, 6.07) is 0.542. The van der Waals surface area contributed by atoms with Gasteiger partial charge >= 0.3 is 0 Å². The number of aliphatic imine (C=N–C) groups is 1. The van der Waals surface area contributed by atoms with Gasteiger partial charge in [0, 0.05) is 24.4 Å². The summed E-state index contributed by atoms with van der Waals surface area (Å²) in [7, 11) is 0. The second-order valence-electron chi connectivity index (χ2n) is 4.50. The van der Waals surface area contributed by atoms with Gasteiger partial charge < -0.3 is 11.1 Å². The Bertz CT molecular complexity index is 385. The summed E-state index contributed by atoms with van der Waals surface area (Å²) in [5, 5.41) is 6.48. The number of aryl methyl sites for hydroxylation is 1. The number of nitrogens with zero attached hydrogens (tertiary/aromatic N) is 2. The van der Waals surface area contributed by atoms with E-state index in [2.05, 4.69) is 20.7 Å². The number of nitrogens with one attached hydrogen (secondary N) is 1. The first-order chi connectivity index (χ1) is 8.24. The number of halogens is 1. The van der Waals surface area contributed by atoms with E-state index in [1.54, 1.807) is 11.3 Å². The van der Waals surface area contributed by atoms with Gasteiger partial charge in [-0.2, -0.15) is 0 Å². The van der Waals surface area contributed by atoms with Crippen LogP contribution in [-0.2, 0) is 6.42 Å². The van der Waals surface area contributed by atoms with Gasteiger partial charge in [0.15, 0.2) is 5.96 Å². The number of hydrogen-bond donors (Lipinski definition) is 2. The molecule has 0 bridgehead atoms. The predicted molar refractivity (Wildman–Crippen MR) is 87.9 cm³/mol. The van der Waals surface area contributed by atoms with Crippen molar-refractivity contribution in [3.63, 3.8) is 0 Å². The van der Waals surface area contributed by atoms with Crippen LogP contribution >= 0.6 is 35.3 Å². The third-order valence-electron chi connectivity index (χ3n) is 3.02. The highest BCUT2D eigenvalue weighted by molar-refractivity contribution is 14.0. The Labute approximate surface area is 129 Å². The first-order valence-corrected chi connectivity index (χ1v) is 7.09. The zero-order chi connectivity index (χ0) is 12.1. The van der Waals surface area contributed by atoms with Crippen LogP contribution < -0.4 is 11.1 Å². The first kappa shape index (κ1) is 15.7. The molecule has 0 unspecified atom stereocenters. The van der Waals surface area contributed by atoms with Crippen molar-refractivity contribution in [1.29, 1.82) is 0 Å². The van der Waals surface area contributed by atoms with Gasteiger partial charge in [0.1, 0.15) is 0 Å². The van der Waals surface area contributed by atoms with Gasteiger partial charge in [0.05, 0.1) is 10.7 Å². The van der Waals surface area contributed by atoms with Crippen LogP contribution in [0.5, 0.6) is 0 Å². The van der Waals surface area contributed by atoms with E-state index in [1.807, 2.05) is 6.92 Å². The molecule has 0 radical (unpaired) electrons. The highest BCUT2D eigenvalue weighted by Gasteiger charge is 2.14. The molecule has 18 heavy (non-hydrogen) atoms. The summed E-state index contributed by atoms with van der Waals surface area (Å²) < 4.78 is 0. The lowest BCUT2D eigenvalue weighted by atomic mass is 10.2. The molecule has 102 valence electrons. The Balaban J connectivity index is 0.00000162. The molecule has 0 spiro atoms. The van der Waals surface area contributed by atoms with Crippen LogP contribution in [0.3, 0.4) is 0 Å². The smallest absolute Gasteiger partial charge is 0.188 e. The molecule has 0 aliphatic heterocycles. The first-order valence-electron chi connectivity index (χ1n) is 6.21. The van der Waals surface area contributed by atoms with Gasteiger partial charge in [-0.25, -0.2) is 4.98 Å². The zero-order valence-electron chi connectivity index (χ0n) is 10.7. The summed E-state index contributed by atoms with van der Waals surface area (Å²) in [5.41, 5.74) is 6.96. The SMILES string of the molecule is Cc1nc(CCN=C(N)NC2CCCC2)cs1.I. The van der Waals surface area contributed by atoms with Crippen LogP contribution in [0, 0.1) is 6.92 Å². The van der Waals surface area contributed by atoms with Crippen molar-refractivity contribution in [3.8, 4) is 0 Å². The molecule has 1 aliphatic carbocycles. The normalized spacial score (nSPS) is 16.6. The molecule has 6 heteroatoms. The Hall–Kier alpha value is -0.370. The summed E-state index contributed by atoms with van der Waals surface area (Å²) in [6.07, 6.45) is 5.94. The molecule has 4 nitrogen and oxygen atoms in total. The van der Waals surface area contributed by atoms with E-state index in [0.29, 0.717) is 18.5 Å². The number of hydrogen-bond acceptors (Lipinski definition) is 3. The van der Waals surface area contributed by atoms with E-state index >= 15 is 0 Å². The van der Waals surface area contributed by atoms with Crippen LogP contribution in [0.25, 0.3) is 0 Å². The molecule has 1 saturated carbocycles. The topological polar surface area (TPSA) is 63.3 Å². The Morgan fingerprint density at radius 2 is 2.28 bits per heavy atom. The fourth-order valence-corrected chi connectivity index (χ4v) is 2.79. The van der Waals surface area contributed by atoms with E-state index < -0.39 is 0 Å². The molecule has 3 N–H and O–H groups in total. The largest absolute Gasteiger partial charge is 0.370 e. The highest BCUT2D eigenvalue weighted by Crippen LogP contribution is 2.17. The number of aromatic nitrogens is 1. The highest BCUT2D eigenvalue weighted by atomic mass is 127. The van der Waals surface area contributed by atoms with Crippen LogP contribution in [0.15, 0.2) is 10.4 Å². The molecule has 1 fully saturated rings. The predicted octanol–water partition coefficient (Wildman–Crippen LogP) is 2.46. The third kappa shape index (κ3) is 5.09. The maximum atomic E-state index is 5.84. The van der Waals surface area contributed by atoms with Crippen molar-refractivity contribution in [2.24, 2.45) is 10.7 Å². The molecule has 1 aliphatic rings. The molecule has 0 saturated heterocycles. The van der Waals surface area contributed by atoms with Gasteiger partial charge in [-0.3, -0.25) is 4.99 Å². The quantitative estimate of drug-likeness (QED) is 0.479. The van der Waals surface area contributed by atoms with Gasteiger partial charge in [0.25, 0.3) is 0 Å². The fourth-order valence-electron chi connectivity index (χ4n) is 2.14. The lowest BCUT2D eigenvalue weighted by Crippen LogP contribution is -2.38. The Morgan fingerprint density at radius 3 is 2.89 bits per heavy atom. The van der Waals surface area contributed by atoms with Crippen molar-refractivity contribution < 1.29 is 0 Å². The lowest BCUT2D eigenvalue weighted by Gasteiger charge is -2.11. The van der Waals surface area contributed by atoms with Crippen LogP contribution in [0.2, 0.25) is 0 Å². The summed E-state index contributed by atoms with van der Waals surface area (Å²) in [6.45, 7) is 2.74. The minimum atomic E-state index is 0. The van der Waals surface area contributed by atoms with Crippen molar-refractivity contribution in [1.82, 2.24) is 10.3 Å². The lowest BCUT2D eigenvalue weighted by molar-refractivity contribution is 0.625. The number of thiazole rings is 1. The van der Waals surface area contributed by atoms with E-state index in [0.717, 1.165) is 17.1 Å². The maximum absolute atomic E-state index is 5.84. The third-order valence-corrected chi connectivity index (χ3v) is 3.85. The Morgan fingerprint density at radius 1 is 1.56 bits per heavy atom. The van der Waals surface area contributed by atoms with E-state index in [9.17, 15) is 0 Å². The van der Waals surface area contributed by atoms with Crippen molar-refractivity contribution in [3.05, 3.63) is 16.1 Å². The average molecular weight is 380 g/mol. The monoisotopic (exact) mass is 380 g/mol.